The minimum Gasteiger partial charge on any atom is -0.348 e. The van der Waals surface area contributed by atoms with Crippen molar-refractivity contribution in [1.29, 1.82) is 0 Å². The molecule has 1 aromatic rings. The number of carbonyl (C=O) groups is 1. The molecule has 0 saturated carbocycles. The molecule has 4 nitrogen and oxygen atoms in total. The summed E-state index contributed by atoms with van der Waals surface area (Å²) in [6.45, 7) is 2.47. The van der Waals surface area contributed by atoms with Crippen LogP contribution in [0, 0.1) is 0 Å². The molecular weight excluding hydrogens is 214 g/mol. The SMILES string of the molecule is CN(C)C(=O)CN(CCN)Cc1ccccc1. The monoisotopic (exact) mass is 235 g/mol. The molecule has 1 aromatic carbocycles. The summed E-state index contributed by atoms with van der Waals surface area (Å²) < 4.78 is 0. The Hall–Kier alpha value is -1.39. The van der Waals surface area contributed by atoms with Crippen LogP contribution in [0.3, 0.4) is 0 Å². The maximum atomic E-state index is 11.7. The van der Waals surface area contributed by atoms with Crippen molar-refractivity contribution < 1.29 is 4.79 Å². The second-order valence-corrected chi connectivity index (χ2v) is 4.27. The van der Waals surface area contributed by atoms with Crippen LogP contribution in [0.4, 0.5) is 0 Å². The topological polar surface area (TPSA) is 49.6 Å². The standard InChI is InChI=1S/C13H21N3O/c1-15(2)13(17)11-16(9-8-14)10-12-6-4-3-5-7-12/h3-7H,8-11,14H2,1-2H3. The first-order valence-corrected chi connectivity index (χ1v) is 5.80. The van der Waals surface area contributed by atoms with Gasteiger partial charge in [-0.15, -0.1) is 0 Å². The Morgan fingerprint density at radius 2 is 1.88 bits per heavy atom. The van der Waals surface area contributed by atoms with Gasteiger partial charge in [0, 0.05) is 33.7 Å². The van der Waals surface area contributed by atoms with Crippen molar-refractivity contribution >= 4 is 5.91 Å². The largest absolute Gasteiger partial charge is 0.348 e. The second-order valence-electron chi connectivity index (χ2n) is 4.27. The third-order valence-electron chi connectivity index (χ3n) is 2.55. The zero-order valence-electron chi connectivity index (χ0n) is 10.6. The Morgan fingerprint density at radius 3 is 2.41 bits per heavy atom. The maximum absolute atomic E-state index is 11.7. The molecule has 0 spiro atoms. The lowest BCUT2D eigenvalue weighted by molar-refractivity contribution is -0.130. The molecule has 0 aliphatic rings. The zero-order valence-corrected chi connectivity index (χ0v) is 10.6. The van der Waals surface area contributed by atoms with Crippen LogP contribution in [0.25, 0.3) is 0 Å². The number of carbonyl (C=O) groups excluding carboxylic acids is 1. The fraction of sp³-hybridized carbons (Fsp3) is 0.462. The molecule has 0 aliphatic carbocycles. The molecule has 0 bridgehead atoms. The van der Waals surface area contributed by atoms with Crippen molar-refractivity contribution in [2.24, 2.45) is 5.73 Å². The number of nitrogens with two attached hydrogens (primary N) is 1. The number of hydrogen-bond donors (Lipinski definition) is 1. The van der Waals surface area contributed by atoms with Gasteiger partial charge >= 0.3 is 0 Å². The second kappa shape index (κ2) is 7.04. The van der Waals surface area contributed by atoms with Gasteiger partial charge in [-0.1, -0.05) is 30.3 Å². The molecule has 4 heteroatoms. The van der Waals surface area contributed by atoms with Gasteiger partial charge in [0.2, 0.25) is 5.91 Å². The summed E-state index contributed by atoms with van der Waals surface area (Å²) in [5, 5.41) is 0. The molecule has 0 saturated heterocycles. The normalized spacial score (nSPS) is 10.6. The van der Waals surface area contributed by atoms with Crippen LogP contribution in [0.15, 0.2) is 30.3 Å². The van der Waals surface area contributed by atoms with E-state index in [9.17, 15) is 4.79 Å². The van der Waals surface area contributed by atoms with E-state index in [2.05, 4.69) is 17.0 Å². The molecule has 1 amide bonds. The summed E-state index contributed by atoms with van der Waals surface area (Å²) in [5.41, 5.74) is 6.77. The molecule has 0 atom stereocenters. The smallest absolute Gasteiger partial charge is 0.236 e. The van der Waals surface area contributed by atoms with E-state index in [1.54, 1.807) is 19.0 Å². The molecule has 1 rings (SSSR count). The van der Waals surface area contributed by atoms with Crippen molar-refractivity contribution in [1.82, 2.24) is 9.80 Å². The Labute approximate surface area is 103 Å². The molecule has 0 heterocycles. The lowest BCUT2D eigenvalue weighted by Gasteiger charge is -2.22. The highest BCUT2D eigenvalue weighted by atomic mass is 16.2. The van der Waals surface area contributed by atoms with E-state index >= 15 is 0 Å². The number of benzene rings is 1. The summed E-state index contributed by atoms with van der Waals surface area (Å²) in [5.74, 6) is 0.106. The third-order valence-corrected chi connectivity index (χ3v) is 2.55. The molecule has 0 radical (unpaired) electrons. The summed E-state index contributed by atoms with van der Waals surface area (Å²) in [4.78, 5) is 15.3. The van der Waals surface area contributed by atoms with Crippen molar-refractivity contribution in [2.75, 3.05) is 33.7 Å². The van der Waals surface area contributed by atoms with Gasteiger partial charge < -0.3 is 10.6 Å². The number of nitrogens with zero attached hydrogens (tertiary/aromatic N) is 2. The Morgan fingerprint density at radius 1 is 1.24 bits per heavy atom. The lowest BCUT2D eigenvalue weighted by Crippen LogP contribution is -2.38. The van der Waals surface area contributed by atoms with Gasteiger partial charge in [0.15, 0.2) is 0 Å². The first-order valence-electron chi connectivity index (χ1n) is 5.80. The highest BCUT2D eigenvalue weighted by Gasteiger charge is 2.11. The number of likely N-dealkylation sites (N-methyl/N-ethyl adjacent to an activating group) is 1. The minimum absolute atomic E-state index is 0.106. The van der Waals surface area contributed by atoms with E-state index in [0.29, 0.717) is 13.1 Å². The van der Waals surface area contributed by atoms with Crippen LogP contribution in [0.1, 0.15) is 5.56 Å². The highest BCUT2D eigenvalue weighted by Crippen LogP contribution is 2.04. The van der Waals surface area contributed by atoms with Crippen molar-refractivity contribution in [3.8, 4) is 0 Å². The molecule has 94 valence electrons. The molecule has 0 aliphatic heterocycles. The molecule has 0 aromatic heterocycles. The highest BCUT2D eigenvalue weighted by molar-refractivity contribution is 5.77. The van der Waals surface area contributed by atoms with Crippen LogP contribution < -0.4 is 5.73 Å². The first kappa shape index (κ1) is 13.7. The van der Waals surface area contributed by atoms with Gasteiger partial charge in [-0.3, -0.25) is 9.69 Å². The minimum atomic E-state index is 0.106. The van der Waals surface area contributed by atoms with E-state index in [0.717, 1.165) is 13.1 Å². The number of amides is 1. The maximum Gasteiger partial charge on any atom is 0.236 e. The summed E-state index contributed by atoms with van der Waals surface area (Å²) in [6, 6.07) is 10.1. The average Bonchev–Trinajstić information content (AvgIpc) is 2.30. The first-order chi connectivity index (χ1) is 8.13. The van der Waals surface area contributed by atoms with Gasteiger partial charge in [0.1, 0.15) is 0 Å². The average molecular weight is 235 g/mol. The van der Waals surface area contributed by atoms with E-state index in [1.165, 1.54) is 5.56 Å². The van der Waals surface area contributed by atoms with Crippen molar-refractivity contribution in [2.45, 2.75) is 6.54 Å². The van der Waals surface area contributed by atoms with Crippen LogP contribution in [-0.2, 0) is 11.3 Å². The third kappa shape index (κ3) is 4.97. The van der Waals surface area contributed by atoms with E-state index in [1.807, 2.05) is 18.2 Å². The van der Waals surface area contributed by atoms with Gasteiger partial charge in [-0.2, -0.15) is 0 Å². The number of hydrogen-bond acceptors (Lipinski definition) is 3. The lowest BCUT2D eigenvalue weighted by atomic mass is 10.2. The van der Waals surface area contributed by atoms with Crippen molar-refractivity contribution in [3.63, 3.8) is 0 Å². The van der Waals surface area contributed by atoms with E-state index in [-0.39, 0.29) is 5.91 Å². The molecule has 2 N–H and O–H groups in total. The predicted molar refractivity (Wildman–Crippen MR) is 69.5 cm³/mol. The van der Waals surface area contributed by atoms with E-state index in [4.69, 9.17) is 5.73 Å². The van der Waals surface area contributed by atoms with Crippen LogP contribution >= 0.6 is 0 Å². The Balaban J connectivity index is 2.57. The quantitative estimate of drug-likeness (QED) is 0.782. The van der Waals surface area contributed by atoms with Gasteiger partial charge in [-0.05, 0) is 5.56 Å². The molecule has 0 unspecified atom stereocenters. The summed E-state index contributed by atoms with van der Waals surface area (Å²) in [6.07, 6.45) is 0. The van der Waals surface area contributed by atoms with Crippen LogP contribution in [0.2, 0.25) is 0 Å². The number of rotatable bonds is 6. The van der Waals surface area contributed by atoms with Gasteiger partial charge in [0.05, 0.1) is 6.54 Å². The fourth-order valence-electron chi connectivity index (χ4n) is 1.57. The predicted octanol–water partition coefficient (Wildman–Crippen LogP) is 0.536. The summed E-state index contributed by atoms with van der Waals surface area (Å²) in [7, 11) is 3.54. The molecule has 0 fully saturated rings. The van der Waals surface area contributed by atoms with Gasteiger partial charge in [0.25, 0.3) is 0 Å². The zero-order chi connectivity index (χ0) is 12.7. The molecule has 17 heavy (non-hydrogen) atoms. The Kier molecular flexibility index (Phi) is 5.66. The Bertz CT molecular complexity index is 338. The van der Waals surface area contributed by atoms with Crippen molar-refractivity contribution in [3.05, 3.63) is 35.9 Å². The summed E-state index contributed by atoms with van der Waals surface area (Å²) >= 11 is 0. The van der Waals surface area contributed by atoms with Crippen LogP contribution in [0.5, 0.6) is 0 Å². The van der Waals surface area contributed by atoms with Gasteiger partial charge in [-0.25, -0.2) is 0 Å². The fourth-order valence-corrected chi connectivity index (χ4v) is 1.57. The van der Waals surface area contributed by atoms with Crippen LogP contribution in [-0.4, -0.2) is 49.4 Å². The van der Waals surface area contributed by atoms with E-state index < -0.39 is 0 Å². The molecular formula is C13H21N3O.